The molecule has 2 N–H and O–H groups in total. The number of benzene rings is 3. The van der Waals surface area contributed by atoms with E-state index < -0.39 is 0 Å². The van der Waals surface area contributed by atoms with Crippen LogP contribution in [0.5, 0.6) is 0 Å². The van der Waals surface area contributed by atoms with Gasteiger partial charge in [0, 0.05) is 17.1 Å². The molecule has 0 aliphatic heterocycles. The van der Waals surface area contributed by atoms with Crippen LogP contribution < -0.4 is 5.32 Å². The number of hydrogen-bond acceptors (Lipinski definition) is 2. The topological polar surface area (TPSA) is 57.8 Å². The summed E-state index contributed by atoms with van der Waals surface area (Å²) in [6.07, 6.45) is 0. The third-order valence-corrected chi connectivity index (χ3v) is 4.65. The number of nitrogens with zero attached hydrogens (tertiary/aromatic N) is 1. The molecule has 0 atom stereocenters. The molecular formula is C21H16ClN3O. The van der Waals surface area contributed by atoms with Crippen LogP contribution >= 0.6 is 11.6 Å². The van der Waals surface area contributed by atoms with Crippen molar-refractivity contribution >= 4 is 28.3 Å². The summed E-state index contributed by atoms with van der Waals surface area (Å²) in [6.45, 7) is 0.362. The van der Waals surface area contributed by atoms with Gasteiger partial charge >= 0.3 is 0 Å². The molecule has 4 rings (SSSR count). The zero-order chi connectivity index (χ0) is 17.9. The smallest absolute Gasteiger partial charge is 0.269 e. The molecule has 0 bridgehead atoms. The lowest BCUT2D eigenvalue weighted by molar-refractivity contribution is 0.0946. The van der Waals surface area contributed by atoms with Crippen LogP contribution in [0.4, 0.5) is 0 Å². The van der Waals surface area contributed by atoms with Crippen molar-refractivity contribution in [3.05, 3.63) is 89.1 Å². The van der Waals surface area contributed by atoms with E-state index in [1.165, 1.54) is 0 Å². The highest BCUT2D eigenvalue weighted by Crippen LogP contribution is 2.27. The molecule has 0 unspecified atom stereocenters. The fourth-order valence-corrected chi connectivity index (χ4v) is 3.14. The molecule has 128 valence electrons. The highest BCUT2D eigenvalue weighted by molar-refractivity contribution is 6.31. The van der Waals surface area contributed by atoms with Crippen LogP contribution in [-0.2, 0) is 6.54 Å². The van der Waals surface area contributed by atoms with Crippen LogP contribution in [-0.4, -0.2) is 16.1 Å². The highest BCUT2D eigenvalue weighted by atomic mass is 35.5. The molecule has 4 nitrogen and oxygen atoms in total. The van der Waals surface area contributed by atoms with Gasteiger partial charge in [0.1, 0.15) is 5.69 Å². The van der Waals surface area contributed by atoms with Gasteiger partial charge < -0.3 is 5.32 Å². The van der Waals surface area contributed by atoms with E-state index in [2.05, 4.69) is 33.7 Å². The van der Waals surface area contributed by atoms with Crippen LogP contribution in [0.1, 0.15) is 16.1 Å². The molecular weight excluding hydrogens is 346 g/mol. The summed E-state index contributed by atoms with van der Waals surface area (Å²) in [7, 11) is 0. The third kappa shape index (κ3) is 3.19. The lowest BCUT2D eigenvalue weighted by Gasteiger charge is -2.05. The SMILES string of the molecule is O=C(NCc1ccccc1Cl)c1cc(-c2cccc3ccccc23)n[nH]1. The molecule has 5 heteroatoms. The second kappa shape index (κ2) is 7.02. The summed E-state index contributed by atoms with van der Waals surface area (Å²) in [6, 6.07) is 23.4. The Balaban J connectivity index is 1.56. The monoisotopic (exact) mass is 361 g/mol. The Bertz CT molecular complexity index is 1080. The first-order chi connectivity index (χ1) is 12.7. The van der Waals surface area contributed by atoms with Crippen LogP contribution in [0.2, 0.25) is 5.02 Å². The van der Waals surface area contributed by atoms with E-state index in [0.29, 0.717) is 17.3 Å². The molecule has 0 radical (unpaired) electrons. The number of fused-ring (bicyclic) bond motifs is 1. The molecule has 1 amide bonds. The molecule has 1 heterocycles. The van der Waals surface area contributed by atoms with Gasteiger partial charge in [-0.2, -0.15) is 5.10 Å². The number of halogens is 1. The minimum atomic E-state index is -0.219. The van der Waals surface area contributed by atoms with E-state index in [1.54, 1.807) is 12.1 Å². The summed E-state index contributed by atoms with van der Waals surface area (Å²) < 4.78 is 0. The number of carbonyl (C=O) groups is 1. The molecule has 0 saturated heterocycles. The minimum absolute atomic E-state index is 0.219. The fraction of sp³-hybridized carbons (Fsp3) is 0.0476. The van der Waals surface area contributed by atoms with E-state index in [1.807, 2.05) is 42.5 Å². The third-order valence-electron chi connectivity index (χ3n) is 4.29. The molecule has 3 aromatic carbocycles. The van der Waals surface area contributed by atoms with Crippen molar-refractivity contribution in [2.45, 2.75) is 6.54 Å². The zero-order valence-electron chi connectivity index (χ0n) is 13.9. The Morgan fingerprint density at radius 3 is 2.65 bits per heavy atom. The Labute approximate surface area is 155 Å². The summed E-state index contributed by atoms with van der Waals surface area (Å²) in [5, 5.41) is 12.9. The number of aromatic amines is 1. The Morgan fingerprint density at radius 1 is 1.00 bits per heavy atom. The van der Waals surface area contributed by atoms with Crippen LogP contribution in [0.3, 0.4) is 0 Å². The summed E-state index contributed by atoms with van der Waals surface area (Å²) in [4.78, 5) is 12.4. The first-order valence-electron chi connectivity index (χ1n) is 8.27. The zero-order valence-corrected chi connectivity index (χ0v) is 14.6. The largest absolute Gasteiger partial charge is 0.347 e. The van der Waals surface area contributed by atoms with Gasteiger partial charge in [0.25, 0.3) is 5.91 Å². The van der Waals surface area contributed by atoms with Crippen molar-refractivity contribution in [2.75, 3.05) is 0 Å². The van der Waals surface area contributed by atoms with Crippen LogP contribution in [0, 0.1) is 0 Å². The fourth-order valence-electron chi connectivity index (χ4n) is 2.94. The number of nitrogens with one attached hydrogen (secondary N) is 2. The number of aromatic nitrogens is 2. The molecule has 4 aromatic rings. The van der Waals surface area contributed by atoms with Gasteiger partial charge in [-0.15, -0.1) is 0 Å². The number of rotatable bonds is 4. The van der Waals surface area contributed by atoms with Crippen molar-refractivity contribution in [1.82, 2.24) is 15.5 Å². The second-order valence-corrected chi connectivity index (χ2v) is 6.37. The van der Waals surface area contributed by atoms with Gasteiger partial charge in [-0.05, 0) is 28.5 Å². The molecule has 0 spiro atoms. The van der Waals surface area contributed by atoms with Crippen molar-refractivity contribution in [2.24, 2.45) is 0 Å². The maximum absolute atomic E-state index is 12.4. The van der Waals surface area contributed by atoms with E-state index in [-0.39, 0.29) is 5.91 Å². The summed E-state index contributed by atoms with van der Waals surface area (Å²) >= 11 is 6.12. The standard InChI is InChI=1S/C21H16ClN3O/c22-18-11-4-2-7-15(18)13-23-21(26)20-12-19(24-25-20)17-10-5-8-14-6-1-3-9-16(14)17/h1-12H,13H2,(H,23,26)(H,24,25). The lowest BCUT2D eigenvalue weighted by Crippen LogP contribution is -2.23. The Kier molecular flexibility index (Phi) is 4.42. The lowest BCUT2D eigenvalue weighted by atomic mass is 10.0. The van der Waals surface area contributed by atoms with E-state index in [0.717, 1.165) is 27.6 Å². The highest BCUT2D eigenvalue weighted by Gasteiger charge is 2.13. The quantitative estimate of drug-likeness (QED) is 0.547. The van der Waals surface area contributed by atoms with Crippen molar-refractivity contribution in [3.8, 4) is 11.3 Å². The molecule has 26 heavy (non-hydrogen) atoms. The molecule has 0 aliphatic carbocycles. The molecule has 1 aromatic heterocycles. The summed E-state index contributed by atoms with van der Waals surface area (Å²) in [5.41, 5.74) is 3.02. The Hall–Kier alpha value is -3.11. The van der Waals surface area contributed by atoms with E-state index >= 15 is 0 Å². The van der Waals surface area contributed by atoms with Crippen LogP contribution in [0.25, 0.3) is 22.0 Å². The molecule has 0 fully saturated rings. The van der Waals surface area contributed by atoms with Gasteiger partial charge in [-0.1, -0.05) is 72.3 Å². The maximum atomic E-state index is 12.4. The number of amides is 1. The van der Waals surface area contributed by atoms with E-state index in [4.69, 9.17) is 11.6 Å². The normalized spacial score (nSPS) is 10.8. The van der Waals surface area contributed by atoms with Gasteiger partial charge in [-0.3, -0.25) is 9.89 Å². The number of H-pyrrole nitrogens is 1. The minimum Gasteiger partial charge on any atom is -0.347 e. The first kappa shape index (κ1) is 16.4. The van der Waals surface area contributed by atoms with Crippen molar-refractivity contribution in [1.29, 1.82) is 0 Å². The second-order valence-electron chi connectivity index (χ2n) is 5.97. The number of carbonyl (C=O) groups excluding carboxylic acids is 1. The van der Waals surface area contributed by atoms with Gasteiger partial charge in [0.15, 0.2) is 0 Å². The Morgan fingerprint density at radius 2 is 1.77 bits per heavy atom. The van der Waals surface area contributed by atoms with Gasteiger partial charge in [0.2, 0.25) is 0 Å². The van der Waals surface area contributed by atoms with Crippen molar-refractivity contribution in [3.63, 3.8) is 0 Å². The maximum Gasteiger partial charge on any atom is 0.269 e. The predicted molar refractivity (Wildman–Crippen MR) is 104 cm³/mol. The molecule has 0 aliphatic rings. The van der Waals surface area contributed by atoms with E-state index in [9.17, 15) is 4.79 Å². The first-order valence-corrected chi connectivity index (χ1v) is 8.65. The average Bonchev–Trinajstić information content (AvgIpc) is 3.17. The van der Waals surface area contributed by atoms with Gasteiger partial charge in [-0.25, -0.2) is 0 Å². The van der Waals surface area contributed by atoms with Crippen molar-refractivity contribution < 1.29 is 4.79 Å². The summed E-state index contributed by atoms with van der Waals surface area (Å²) in [5.74, 6) is -0.219. The predicted octanol–water partition coefficient (Wildman–Crippen LogP) is 4.81. The average molecular weight is 362 g/mol. The number of hydrogen-bond donors (Lipinski definition) is 2. The molecule has 0 saturated carbocycles. The van der Waals surface area contributed by atoms with Gasteiger partial charge in [0.05, 0.1) is 5.69 Å². The van der Waals surface area contributed by atoms with Crippen LogP contribution in [0.15, 0.2) is 72.8 Å².